The first-order valence-corrected chi connectivity index (χ1v) is 8.82. The predicted molar refractivity (Wildman–Crippen MR) is 85.9 cm³/mol. The molecule has 1 N–H and O–H groups in total. The number of hydrogen-bond donors (Lipinski definition) is 1. The summed E-state index contributed by atoms with van der Waals surface area (Å²) in [7, 11) is -0.605. The van der Waals surface area contributed by atoms with Crippen LogP contribution in [0.1, 0.15) is 12.0 Å². The summed E-state index contributed by atoms with van der Waals surface area (Å²) in [5.41, 5.74) is 1.05. The second kappa shape index (κ2) is 6.95. The maximum absolute atomic E-state index is 12.0. The number of likely N-dealkylation sites (tertiary alicyclic amines) is 1. The summed E-state index contributed by atoms with van der Waals surface area (Å²) in [5, 5.41) is 0.668. The highest BCUT2D eigenvalue weighted by atomic mass is 35.5. The zero-order chi connectivity index (χ0) is 16.3. The lowest BCUT2D eigenvalue weighted by Gasteiger charge is -2.18. The van der Waals surface area contributed by atoms with Gasteiger partial charge in [-0.25, -0.2) is 0 Å². The van der Waals surface area contributed by atoms with Crippen molar-refractivity contribution in [1.29, 1.82) is 0 Å². The van der Waals surface area contributed by atoms with Crippen LogP contribution in [0.3, 0.4) is 0 Å². The summed E-state index contributed by atoms with van der Waals surface area (Å²) in [6.45, 7) is 0.950. The quantitative estimate of drug-likeness (QED) is 0.832. The molecule has 1 heterocycles. The van der Waals surface area contributed by atoms with E-state index in [0.29, 0.717) is 24.5 Å². The van der Waals surface area contributed by atoms with Gasteiger partial charge >= 0.3 is 0 Å². The van der Waals surface area contributed by atoms with E-state index in [-0.39, 0.29) is 18.4 Å². The van der Waals surface area contributed by atoms with Crippen LogP contribution in [0.25, 0.3) is 0 Å². The molecule has 0 aliphatic carbocycles. The van der Waals surface area contributed by atoms with Crippen molar-refractivity contribution in [3.8, 4) is 0 Å². The van der Waals surface area contributed by atoms with Gasteiger partial charge in [0.25, 0.3) is 10.2 Å². The third-order valence-electron chi connectivity index (χ3n) is 3.57. The van der Waals surface area contributed by atoms with Crippen LogP contribution in [0.2, 0.25) is 5.02 Å². The number of nitrogens with one attached hydrogen (secondary N) is 1. The topological polar surface area (TPSA) is 69.7 Å². The molecule has 1 aliphatic heterocycles. The van der Waals surface area contributed by atoms with E-state index in [4.69, 9.17) is 11.6 Å². The van der Waals surface area contributed by atoms with E-state index in [2.05, 4.69) is 4.72 Å². The van der Waals surface area contributed by atoms with Gasteiger partial charge in [-0.3, -0.25) is 4.79 Å². The van der Waals surface area contributed by atoms with Crippen LogP contribution in [0.15, 0.2) is 24.3 Å². The average Bonchev–Trinajstić information content (AvgIpc) is 2.75. The van der Waals surface area contributed by atoms with E-state index in [1.807, 2.05) is 18.2 Å². The van der Waals surface area contributed by atoms with Gasteiger partial charge in [0.15, 0.2) is 0 Å². The zero-order valence-electron chi connectivity index (χ0n) is 12.6. The van der Waals surface area contributed by atoms with E-state index >= 15 is 0 Å². The van der Waals surface area contributed by atoms with E-state index in [0.717, 1.165) is 9.87 Å². The Kier molecular flexibility index (Phi) is 5.44. The first-order chi connectivity index (χ1) is 10.3. The Labute approximate surface area is 136 Å². The van der Waals surface area contributed by atoms with Crippen molar-refractivity contribution in [2.75, 3.05) is 27.2 Å². The minimum atomic E-state index is -3.51. The summed E-state index contributed by atoms with van der Waals surface area (Å²) in [6.07, 6.45) is 0.891. The number of nitrogens with zero attached hydrogens (tertiary/aromatic N) is 2. The summed E-state index contributed by atoms with van der Waals surface area (Å²) < 4.78 is 27.2. The molecule has 0 bridgehead atoms. The Bertz CT molecular complexity index is 648. The smallest absolute Gasteiger partial charge is 0.279 e. The molecule has 1 amide bonds. The summed E-state index contributed by atoms with van der Waals surface area (Å²) in [5.74, 6) is -0.0338. The summed E-state index contributed by atoms with van der Waals surface area (Å²) >= 11 is 5.93. The number of benzene rings is 1. The van der Waals surface area contributed by atoms with Gasteiger partial charge in [0.05, 0.1) is 0 Å². The number of rotatable bonds is 6. The molecule has 1 aliphatic rings. The first kappa shape index (κ1) is 17.2. The lowest BCUT2D eigenvalue weighted by atomic mass is 10.1. The third-order valence-corrected chi connectivity index (χ3v) is 5.40. The van der Waals surface area contributed by atoms with Crippen molar-refractivity contribution >= 4 is 27.7 Å². The molecule has 1 fully saturated rings. The Morgan fingerprint density at radius 3 is 2.77 bits per heavy atom. The molecule has 0 radical (unpaired) electrons. The second-order valence-electron chi connectivity index (χ2n) is 5.53. The monoisotopic (exact) mass is 345 g/mol. The van der Waals surface area contributed by atoms with Gasteiger partial charge in [0.1, 0.15) is 0 Å². The summed E-state index contributed by atoms with van der Waals surface area (Å²) in [4.78, 5) is 13.7. The molecule has 22 heavy (non-hydrogen) atoms. The van der Waals surface area contributed by atoms with Crippen LogP contribution in [-0.4, -0.2) is 56.8 Å². The van der Waals surface area contributed by atoms with Crippen LogP contribution in [0.5, 0.6) is 0 Å². The van der Waals surface area contributed by atoms with Gasteiger partial charge < -0.3 is 4.90 Å². The molecule has 122 valence electrons. The molecule has 0 unspecified atom stereocenters. The van der Waals surface area contributed by atoms with Crippen LogP contribution in [0.4, 0.5) is 0 Å². The number of carbonyl (C=O) groups excluding carboxylic acids is 1. The minimum absolute atomic E-state index is 0.0338. The lowest BCUT2D eigenvalue weighted by molar-refractivity contribution is -0.127. The number of amides is 1. The van der Waals surface area contributed by atoms with Crippen molar-refractivity contribution in [1.82, 2.24) is 13.9 Å². The van der Waals surface area contributed by atoms with Crippen LogP contribution in [0, 0.1) is 0 Å². The molecule has 2 rings (SSSR count). The molecule has 0 spiro atoms. The molecule has 1 aromatic carbocycles. The zero-order valence-corrected chi connectivity index (χ0v) is 14.2. The molecule has 0 saturated carbocycles. The standard InChI is InChI=1S/C14H20ClN3O3S/c1-17(2)22(20,21)16-13-9-14(19)18(10-13)7-6-11-4-3-5-12(15)8-11/h3-5,8,13,16H,6-7,9-10H2,1-2H3/t13-/m1/s1. The predicted octanol–water partition coefficient (Wildman–Crippen LogP) is 0.879. The van der Waals surface area contributed by atoms with Crippen molar-refractivity contribution in [2.24, 2.45) is 0 Å². The van der Waals surface area contributed by atoms with Gasteiger partial charge in [0.2, 0.25) is 5.91 Å². The van der Waals surface area contributed by atoms with Crippen LogP contribution >= 0.6 is 11.6 Å². The van der Waals surface area contributed by atoms with Gasteiger partial charge in [0, 0.05) is 44.7 Å². The first-order valence-electron chi connectivity index (χ1n) is 7.00. The van der Waals surface area contributed by atoms with Crippen LogP contribution < -0.4 is 4.72 Å². The fraction of sp³-hybridized carbons (Fsp3) is 0.500. The fourth-order valence-electron chi connectivity index (χ4n) is 2.34. The Balaban J connectivity index is 1.90. The van der Waals surface area contributed by atoms with E-state index in [1.165, 1.54) is 14.1 Å². The third kappa shape index (κ3) is 4.42. The van der Waals surface area contributed by atoms with Gasteiger partial charge in [-0.2, -0.15) is 17.4 Å². The highest BCUT2D eigenvalue weighted by Crippen LogP contribution is 2.15. The summed E-state index contributed by atoms with van der Waals surface area (Å²) in [6, 6.07) is 7.13. The molecular formula is C14H20ClN3O3S. The highest BCUT2D eigenvalue weighted by Gasteiger charge is 2.32. The second-order valence-corrected chi connectivity index (χ2v) is 7.88. The van der Waals surface area contributed by atoms with Crippen molar-refractivity contribution in [3.63, 3.8) is 0 Å². The molecule has 0 aromatic heterocycles. The van der Waals surface area contributed by atoms with Crippen molar-refractivity contribution < 1.29 is 13.2 Å². The molecule has 1 atom stereocenters. The lowest BCUT2D eigenvalue weighted by Crippen LogP contribution is -2.43. The average molecular weight is 346 g/mol. The van der Waals surface area contributed by atoms with E-state index < -0.39 is 10.2 Å². The van der Waals surface area contributed by atoms with Gasteiger partial charge in [-0.1, -0.05) is 23.7 Å². The SMILES string of the molecule is CN(C)S(=O)(=O)N[C@@H]1CC(=O)N(CCc2cccc(Cl)c2)C1. The molecule has 6 nitrogen and oxygen atoms in total. The maximum atomic E-state index is 12.0. The molecule has 1 aromatic rings. The largest absolute Gasteiger partial charge is 0.341 e. The molecular weight excluding hydrogens is 326 g/mol. The Morgan fingerprint density at radius 2 is 2.14 bits per heavy atom. The fourth-order valence-corrected chi connectivity index (χ4v) is 3.34. The van der Waals surface area contributed by atoms with Gasteiger partial charge in [-0.15, -0.1) is 0 Å². The van der Waals surface area contributed by atoms with Gasteiger partial charge in [-0.05, 0) is 24.1 Å². The molecule has 8 heteroatoms. The normalized spacial score (nSPS) is 19.2. The van der Waals surface area contributed by atoms with E-state index in [1.54, 1.807) is 11.0 Å². The number of hydrogen-bond acceptors (Lipinski definition) is 3. The Hall–Kier alpha value is -1.15. The highest BCUT2D eigenvalue weighted by molar-refractivity contribution is 7.87. The number of carbonyl (C=O) groups is 1. The Morgan fingerprint density at radius 1 is 1.41 bits per heavy atom. The van der Waals surface area contributed by atoms with Crippen LogP contribution in [-0.2, 0) is 21.4 Å². The van der Waals surface area contributed by atoms with Crippen molar-refractivity contribution in [3.05, 3.63) is 34.9 Å². The minimum Gasteiger partial charge on any atom is -0.341 e. The van der Waals surface area contributed by atoms with Crippen molar-refractivity contribution in [2.45, 2.75) is 18.9 Å². The number of halogens is 1. The maximum Gasteiger partial charge on any atom is 0.279 e. The molecule has 1 saturated heterocycles. The van der Waals surface area contributed by atoms with E-state index in [9.17, 15) is 13.2 Å².